The van der Waals surface area contributed by atoms with Crippen LogP contribution in [-0.2, 0) is 13.6 Å². The van der Waals surface area contributed by atoms with Crippen LogP contribution in [-0.4, -0.2) is 22.1 Å². The minimum Gasteiger partial charge on any atom is -0.497 e. The Labute approximate surface area is 113 Å². The van der Waals surface area contributed by atoms with Gasteiger partial charge in [0.1, 0.15) is 5.75 Å². The van der Waals surface area contributed by atoms with E-state index in [-0.39, 0.29) is 0 Å². The van der Waals surface area contributed by atoms with Crippen LogP contribution in [0.5, 0.6) is 5.75 Å². The molecule has 1 aromatic carbocycles. The van der Waals surface area contributed by atoms with Crippen LogP contribution < -0.4 is 10.1 Å². The lowest BCUT2D eigenvalue weighted by Gasteiger charge is -2.17. The van der Waals surface area contributed by atoms with Crippen LogP contribution >= 0.6 is 0 Å². The summed E-state index contributed by atoms with van der Waals surface area (Å²) in [5, 5.41) is 11.5. The van der Waals surface area contributed by atoms with Crippen molar-refractivity contribution < 1.29 is 4.74 Å². The molecule has 19 heavy (non-hydrogen) atoms. The minimum atomic E-state index is 0.313. The van der Waals surface area contributed by atoms with Gasteiger partial charge in [0.2, 0.25) is 0 Å². The number of aryl methyl sites for hydroxylation is 1. The van der Waals surface area contributed by atoms with Gasteiger partial charge in [0, 0.05) is 25.8 Å². The molecule has 2 aromatic rings. The Morgan fingerprint density at radius 1 is 1.32 bits per heavy atom. The van der Waals surface area contributed by atoms with E-state index in [4.69, 9.17) is 4.74 Å². The number of rotatable bonds is 6. The third-order valence-electron chi connectivity index (χ3n) is 3.11. The van der Waals surface area contributed by atoms with Crippen molar-refractivity contribution in [3.63, 3.8) is 0 Å². The highest BCUT2D eigenvalue weighted by Crippen LogP contribution is 2.20. The van der Waals surface area contributed by atoms with Crippen molar-refractivity contribution in [3.05, 3.63) is 41.7 Å². The molecule has 1 unspecified atom stereocenters. The van der Waals surface area contributed by atoms with Gasteiger partial charge >= 0.3 is 0 Å². The predicted molar refractivity (Wildman–Crippen MR) is 73.9 cm³/mol. The molecule has 0 bridgehead atoms. The first-order valence-corrected chi connectivity index (χ1v) is 6.45. The molecule has 5 heteroatoms. The molecule has 0 saturated heterocycles. The number of ether oxygens (including phenoxy) is 1. The van der Waals surface area contributed by atoms with Crippen molar-refractivity contribution in [2.24, 2.45) is 7.05 Å². The summed E-state index contributed by atoms with van der Waals surface area (Å²) in [5.41, 5.74) is 2.21. The van der Waals surface area contributed by atoms with Gasteiger partial charge in [-0.25, -0.2) is 0 Å². The number of nitrogens with zero attached hydrogens (tertiary/aromatic N) is 3. The van der Waals surface area contributed by atoms with E-state index in [2.05, 4.69) is 34.7 Å². The van der Waals surface area contributed by atoms with Gasteiger partial charge in [0.05, 0.1) is 12.8 Å². The van der Waals surface area contributed by atoms with Crippen molar-refractivity contribution in [1.29, 1.82) is 0 Å². The molecule has 0 aliphatic carbocycles. The lowest BCUT2D eigenvalue weighted by Crippen LogP contribution is -2.20. The monoisotopic (exact) mass is 260 g/mol. The molecular weight excluding hydrogens is 240 g/mol. The van der Waals surface area contributed by atoms with E-state index in [0.717, 1.165) is 24.4 Å². The highest BCUT2D eigenvalue weighted by atomic mass is 16.5. The summed E-state index contributed by atoms with van der Waals surface area (Å²) in [4.78, 5) is 0. The van der Waals surface area contributed by atoms with Crippen LogP contribution in [0.15, 0.2) is 30.5 Å². The first-order chi connectivity index (χ1) is 9.22. The largest absolute Gasteiger partial charge is 0.497 e. The van der Waals surface area contributed by atoms with Crippen LogP contribution in [0.1, 0.15) is 30.6 Å². The fraction of sp³-hybridized carbons (Fsp3) is 0.429. The summed E-state index contributed by atoms with van der Waals surface area (Å²) in [5.74, 6) is 0.882. The van der Waals surface area contributed by atoms with Crippen LogP contribution in [0.4, 0.5) is 0 Å². The molecule has 0 fully saturated rings. The molecule has 0 radical (unpaired) electrons. The second-order valence-corrected chi connectivity index (χ2v) is 4.50. The molecule has 1 N–H and O–H groups in total. The van der Waals surface area contributed by atoms with Gasteiger partial charge in [-0.15, -0.1) is 5.10 Å². The third kappa shape index (κ3) is 3.54. The Bertz CT molecular complexity index is 506. The summed E-state index contributed by atoms with van der Waals surface area (Å²) >= 11 is 0. The maximum atomic E-state index is 5.17. The molecular formula is C14H20N4O. The zero-order valence-corrected chi connectivity index (χ0v) is 11.6. The maximum Gasteiger partial charge on any atom is 0.118 e. The van der Waals surface area contributed by atoms with Crippen LogP contribution in [0.25, 0.3) is 0 Å². The van der Waals surface area contributed by atoms with Gasteiger partial charge in [-0.2, -0.15) is 0 Å². The number of methoxy groups -OCH3 is 1. The van der Waals surface area contributed by atoms with Crippen LogP contribution in [0, 0.1) is 0 Å². The zero-order valence-electron chi connectivity index (χ0n) is 11.6. The molecule has 1 heterocycles. The number of benzene rings is 1. The van der Waals surface area contributed by atoms with E-state index in [0.29, 0.717) is 6.04 Å². The second-order valence-electron chi connectivity index (χ2n) is 4.50. The van der Waals surface area contributed by atoms with Gasteiger partial charge in [0.15, 0.2) is 0 Å². The normalized spacial score (nSPS) is 12.4. The van der Waals surface area contributed by atoms with E-state index in [1.165, 1.54) is 5.56 Å². The lowest BCUT2D eigenvalue weighted by atomic mass is 10.0. The molecule has 0 aliphatic rings. The first-order valence-electron chi connectivity index (χ1n) is 6.45. The second kappa shape index (κ2) is 6.33. The molecule has 0 aliphatic heterocycles. The molecule has 0 spiro atoms. The number of hydrogen-bond acceptors (Lipinski definition) is 4. The maximum absolute atomic E-state index is 5.17. The fourth-order valence-corrected chi connectivity index (χ4v) is 2.04. The van der Waals surface area contributed by atoms with Crippen molar-refractivity contribution in [3.8, 4) is 5.75 Å². The summed E-state index contributed by atoms with van der Waals surface area (Å²) in [6.45, 7) is 2.89. The molecule has 2 rings (SSSR count). The van der Waals surface area contributed by atoms with Crippen molar-refractivity contribution >= 4 is 0 Å². The number of aromatic nitrogens is 3. The minimum absolute atomic E-state index is 0.313. The topological polar surface area (TPSA) is 52.0 Å². The van der Waals surface area contributed by atoms with Gasteiger partial charge in [-0.3, -0.25) is 4.68 Å². The van der Waals surface area contributed by atoms with E-state index in [1.54, 1.807) is 11.8 Å². The van der Waals surface area contributed by atoms with Gasteiger partial charge in [-0.1, -0.05) is 24.3 Å². The standard InChI is InChI=1S/C14H20N4O/c1-4-14(11-5-7-13(19-3)8-6-11)15-9-12-10-18(2)17-16-12/h5-8,10,14-15H,4,9H2,1-3H3. The van der Waals surface area contributed by atoms with Gasteiger partial charge < -0.3 is 10.1 Å². The van der Waals surface area contributed by atoms with E-state index >= 15 is 0 Å². The predicted octanol–water partition coefficient (Wildman–Crippen LogP) is 2.06. The highest BCUT2D eigenvalue weighted by molar-refractivity contribution is 5.29. The Morgan fingerprint density at radius 3 is 2.58 bits per heavy atom. The summed E-state index contributed by atoms with van der Waals surface area (Å²) in [6, 6.07) is 8.48. The van der Waals surface area contributed by atoms with Crippen LogP contribution in [0.3, 0.4) is 0 Å². The quantitative estimate of drug-likeness (QED) is 0.864. The molecule has 5 nitrogen and oxygen atoms in total. The molecule has 1 atom stereocenters. The molecule has 0 amide bonds. The third-order valence-corrected chi connectivity index (χ3v) is 3.11. The Hall–Kier alpha value is -1.88. The lowest BCUT2D eigenvalue weighted by molar-refractivity contribution is 0.414. The van der Waals surface area contributed by atoms with E-state index < -0.39 is 0 Å². The molecule has 102 valence electrons. The van der Waals surface area contributed by atoms with Gasteiger partial charge in [0.25, 0.3) is 0 Å². The van der Waals surface area contributed by atoms with Crippen molar-refractivity contribution in [2.45, 2.75) is 25.9 Å². The van der Waals surface area contributed by atoms with E-state index in [1.807, 2.05) is 25.4 Å². The average Bonchev–Trinajstić information content (AvgIpc) is 2.86. The fourth-order valence-electron chi connectivity index (χ4n) is 2.04. The summed E-state index contributed by atoms with van der Waals surface area (Å²) in [6.07, 6.45) is 2.94. The first kappa shape index (κ1) is 13.5. The smallest absolute Gasteiger partial charge is 0.118 e. The number of nitrogens with one attached hydrogen (secondary N) is 1. The van der Waals surface area contributed by atoms with Crippen LogP contribution in [0.2, 0.25) is 0 Å². The van der Waals surface area contributed by atoms with Gasteiger partial charge in [-0.05, 0) is 24.1 Å². The SMILES string of the molecule is CCC(NCc1cn(C)nn1)c1ccc(OC)cc1. The van der Waals surface area contributed by atoms with E-state index in [9.17, 15) is 0 Å². The van der Waals surface area contributed by atoms with Crippen molar-refractivity contribution in [2.75, 3.05) is 7.11 Å². The summed E-state index contributed by atoms with van der Waals surface area (Å²) < 4.78 is 6.89. The molecule has 1 aromatic heterocycles. The number of hydrogen-bond donors (Lipinski definition) is 1. The molecule has 0 saturated carbocycles. The van der Waals surface area contributed by atoms with Crippen molar-refractivity contribution in [1.82, 2.24) is 20.3 Å². The Balaban J connectivity index is 1.98. The summed E-state index contributed by atoms with van der Waals surface area (Å²) in [7, 11) is 3.55. The zero-order chi connectivity index (χ0) is 13.7. The Kier molecular flexibility index (Phi) is 4.52. The Morgan fingerprint density at radius 2 is 2.05 bits per heavy atom. The average molecular weight is 260 g/mol. The highest BCUT2D eigenvalue weighted by Gasteiger charge is 2.09.